The molecule has 0 aliphatic heterocycles. The Balaban J connectivity index is 1.32. The van der Waals surface area contributed by atoms with E-state index in [1.165, 1.54) is 4.68 Å². The first-order chi connectivity index (χ1) is 22.5. The highest BCUT2D eigenvalue weighted by atomic mass is 16.5. The molecule has 0 fully saturated rings. The lowest BCUT2D eigenvalue weighted by molar-refractivity contribution is -0.118. The number of aromatic nitrogens is 2. The van der Waals surface area contributed by atoms with Gasteiger partial charge < -0.3 is 19.2 Å². The number of amides is 1. The number of nitrogens with one attached hydrogen (secondary N) is 1. The predicted molar refractivity (Wildman–Crippen MR) is 180 cm³/mol. The van der Waals surface area contributed by atoms with Gasteiger partial charge in [-0.2, -0.15) is 9.78 Å². The van der Waals surface area contributed by atoms with Gasteiger partial charge in [0.15, 0.2) is 12.4 Å². The molecule has 0 radical (unpaired) electrons. The van der Waals surface area contributed by atoms with Gasteiger partial charge >= 0.3 is 0 Å². The monoisotopic (exact) mass is 608 g/mol. The van der Waals surface area contributed by atoms with Crippen molar-refractivity contribution in [1.29, 1.82) is 0 Å². The van der Waals surface area contributed by atoms with E-state index in [1.807, 2.05) is 85.8 Å². The van der Waals surface area contributed by atoms with Crippen molar-refractivity contribution in [2.45, 2.75) is 6.92 Å². The minimum absolute atomic E-state index is 0.221. The SMILES string of the molecule is COc1cccc2oc(-c3nc4ccccc4c(=O)n3N=Cc3c(OCC(=O)Nc4ccccc4C)ccc4ccccc34)cc12. The summed E-state index contributed by atoms with van der Waals surface area (Å²) in [4.78, 5) is 31.5. The molecule has 226 valence electrons. The molecule has 0 saturated heterocycles. The zero-order valence-corrected chi connectivity index (χ0v) is 25.1. The fourth-order valence-electron chi connectivity index (χ4n) is 5.41. The molecule has 0 aliphatic carbocycles. The van der Waals surface area contributed by atoms with Gasteiger partial charge in [0.05, 0.1) is 29.6 Å². The number of hydrogen-bond acceptors (Lipinski definition) is 7. The van der Waals surface area contributed by atoms with Crippen molar-refractivity contribution in [3.8, 4) is 23.1 Å². The topological polar surface area (TPSA) is 108 Å². The lowest BCUT2D eigenvalue weighted by Gasteiger charge is -2.13. The first kappa shape index (κ1) is 28.5. The number of rotatable bonds is 8. The third kappa shape index (κ3) is 5.35. The lowest BCUT2D eigenvalue weighted by atomic mass is 10.0. The van der Waals surface area contributed by atoms with Crippen molar-refractivity contribution in [2.24, 2.45) is 5.10 Å². The number of anilines is 1. The Kier molecular flexibility index (Phi) is 7.48. The molecule has 0 unspecified atom stereocenters. The van der Waals surface area contributed by atoms with Gasteiger partial charge in [-0.1, -0.05) is 66.7 Å². The number of carbonyl (C=O) groups excluding carboxylic acids is 1. The average Bonchev–Trinajstić information content (AvgIpc) is 3.53. The Bertz CT molecular complexity index is 2360. The molecule has 2 aromatic heterocycles. The second-order valence-electron chi connectivity index (χ2n) is 10.6. The van der Waals surface area contributed by atoms with E-state index in [-0.39, 0.29) is 23.9 Å². The van der Waals surface area contributed by atoms with E-state index in [0.29, 0.717) is 39.3 Å². The van der Waals surface area contributed by atoms with Crippen molar-refractivity contribution < 1.29 is 18.7 Å². The minimum Gasteiger partial charge on any atom is -0.496 e. The average molecular weight is 609 g/mol. The Morgan fingerprint density at radius 3 is 2.52 bits per heavy atom. The van der Waals surface area contributed by atoms with Crippen molar-refractivity contribution in [2.75, 3.05) is 19.0 Å². The Hall–Kier alpha value is -6.22. The fraction of sp³-hybridized carbons (Fsp3) is 0.0811. The van der Waals surface area contributed by atoms with Crippen molar-refractivity contribution in [3.63, 3.8) is 0 Å². The highest BCUT2D eigenvalue weighted by molar-refractivity contribution is 6.03. The van der Waals surface area contributed by atoms with Crippen LogP contribution in [0.3, 0.4) is 0 Å². The number of fused-ring (bicyclic) bond motifs is 3. The van der Waals surface area contributed by atoms with E-state index >= 15 is 0 Å². The summed E-state index contributed by atoms with van der Waals surface area (Å²) in [6, 6.07) is 33.4. The quantitative estimate of drug-likeness (QED) is 0.183. The van der Waals surface area contributed by atoms with Crippen LogP contribution in [0.5, 0.6) is 11.5 Å². The molecule has 0 saturated carbocycles. The zero-order valence-electron chi connectivity index (χ0n) is 25.1. The normalized spacial score (nSPS) is 11.4. The number of nitrogens with zero attached hydrogens (tertiary/aromatic N) is 3. The van der Waals surface area contributed by atoms with E-state index in [9.17, 15) is 9.59 Å². The Morgan fingerprint density at radius 1 is 0.891 bits per heavy atom. The summed E-state index contributed by atoms with van der Waals surface area (Å²) in [5, 5.41) is 10.5. The van der Waals surface area contributed by atoms with E-state index in [1.54, 1.807) is 43.7 Å². The molecule has 7 rings (SSSR count). The molecular formula is C37H28N4O5. The number of benzene rings is 5. The van der Waals surface area contributed by atoms with Gasteiger partial charge in [-0.3, -0.25) is 9.59 Å². The van der Waals surface area contributed by atoms with E-state index in [4.69, 9.17) is 18.9 Å². The summed E-state index contributed by atoms with van der Waals surface area (Å²) in [6.07, 6.45) is 1.56. The Morgan fingerprint density at radius 2 is 1.67 bits per heavy atom. The maximum Gasteiger partial charge on any atom is 0.282 e. The standard InChI is InChI=1S/C37H28N4O5/c1-23-10-3-7-14-29(23)39-35(42)22-45-32-19-18-24-11-4-5-12-25(24)28(32)21-38-41-36(40-30-15-8-6-13-26(30)37(41)43)34-20-27-31(44-2)16-9-17-33(27)46-34/h3-21H,22H2,1-2H3,(H,39,42). The van der Waals surface area contributed by atoms with Gasteiger partial charge in [0.25, 0.3) is 11.5 Å². The maximum atomic E-state index is 13.9. The number of carbonyl (C=O) groups is 1. The molecule has 1 N–H and O–H groups in total. The molecule has 7 aromatic rings. The molecule has 2 heterocycles. The first-order valence-corrected chi connectivity index (χ1v) is 14.6. The maximum absolute atomic E-state index is 13.9. The summed E-state index contributed by atoms with van der Waals surface area (Å²) in [5.74, 6) is 1.33. The van der Waals surface area contributed by atoms with Crippen LogP contribution in [-0.2, 0) is 4.79 Å². The van der Waals surface area contributed by atoms with Crippen molar-refractivity contribution >= 4 is 50.5 Å². The van der Waals surface area contributed by atoms with Crippen LogP contribution in [0.2, 0.25) is 0 Å². The van der Waals surface area contributed by atoms with Crippen LogP contribution in [0, 0.1) is 6.92 Å². The van der Waals surface area contributed by atoms with Crippen LogP contribution in [0.1, 0.15) is 11.1 Å². The summed E-state index contributed by atoms with van der Waals surface area (Å²) in [5.41, 5.74) is 2.98. The molecule has 0 bridgehead atoms. The highest BCUT2D eigenvalue weighted by Gasteiger charge is 2.18. The van der Waals surface area contributed by atoms with E-state index in [2.05, 4.69) is 10.4 Å². The summed E-state index contributed by atoms with van der Waals surface area (Å²) in [7, 11) is 1.59. The van der Waals surface area contributed by atoms with Crippen LogP contribution in [-0.4, -0.2) is 35.5 Å². The third-order valence-corrected chi connectivity index (χ3v) is 7.73. The third-order valence-electron chi connectivity index (χ3n) is 7.73. The lowest BCUT2D eigenvalue weighted by Crippen LogP contribution is -2.21. The molecule has 9 nitrogen and oxygen atoms in total. The number of furan rings is 1. The van der Waals surface area contributed by atoms with Gasteiger partial charge in [0, 0.05) is 11.3 Å². The van der Waals surface area contributed by atoms with Gasteiger partial charge in [-0.15, -0.1) is 0 Å². The minimum atomic E-state index is -0.371. The number of aryl methyl sites for hydroxylation is 1. The van der Waals surface area contributed by atoms with Crippen LogP contribution in [0.15, 0.2) is 124 Å². The summed E-state index contributed by atoms with van der Waals surface area (Å²) >= 11 is 0. The van der Waals surface area contributed by atoms with E-state index in [0.717, 1.165) is 27.4 Å². The molecule has 46 heavy (non-hydrogen) atoms. The number of ether oxygens (including phenoxy) is 2. The van der Waals surface area contributed by atoms with Crippen LogP contribution < -0.4 is 20.3 Å². The smallest absolute Gasteiger partial charge is 0.282 e. The van der Waals surface area contributed by atoms with Crippen molar-refractivity contribution in [1.82, 2.24) is 9.66 Å². The number of methoxy groups -OCH3 is 1. The largest absolute Gasteiger partial charge is 0.496 e. The van der Waals surface area contributed by atoms with Gasteiger partial charge in [0.2, 0.25) is 5.82 Å². The second-order valence-corrected chi connectivity index (χ2v) is 10.6. The zero-order chi connectivity index (χ0) is 31.6. The predicted octanol–water partition coefficient (Wildman–Crippen LogP) is 7.18. The van der Waals surface area contributed by atoms with Gasteiger partial charge in [0.1, 0.15) is 17.1 Å². The Labute approximate surface area is 263 Å². The van der Waals surface area contributed by atoms with Crippen LogP contribution in [0.4, 0.5) is 5.69 Å². The molecule has 5 aromatic carbocycles. The van der Waals surface area contributed by atoms with E-state index < -0.39 is 0 Å². The van der Waals surface area contributed by atoms with Crippen LogP contribution >= 0.6 is 0 Å². The van der Waals surface area contributed by atoms with Gasteiger partial charge in [-0.25, -0.2) is 4.98 Å². The summed E-state index contributed by atoms with van der Waals surface area (Å²) in [6.45, 7) is 1.70. The molecule has 0 aliphatic rings. The molecular weight excluding hydrogens is 580 g/mol. The van der Waals surface area contributed by atoms with Gasteiger partial charge in [-0.05, 0) is 65.7 Å². The fourth-order valence-corrected chi connectivity index (χ4v) is 5.41. The number of hydrogen-bond donors (Lipinski definition) is 1. The first-order valence-electron chi connectivity index (χ1n) is 14.6. The molecule has 0 spiro atoms. The molecule has 0 atom stereocenters. The van der Waals surface area contributed by atoms with Crippen LogP contribution in [0.25, 0.3) is 44.2 Å². The molecule has 1 amide bonds. The number of para-hydroxylation sites is 2. The highest BCUT2D eigenvalue weighted by Crippen LogP contribution is 2.33. The summed E-state index contributed by atoms with van der Waals surface area (Å²) < 4.78 is 19.0. The van der Waals surface area contributed by atoms with Crippen molar-refractivity contribution in [3.05, 3.63) is 131 Å². The second kappa shape index (κ2) is 12.0. The molecule has 9 heteroatoms.